The first-order valence-corrected chi connectivity index (χ1v) is 5.83. The summed E-state index contributed by atoms with van der Waals surface area (Å²) in [5.74, 6) is 1.16. The number of carbonyl (C=O) groups excluding carboxylic acids is 1. The molecule has 2 rings (SSSR count). The first-order valence-electron chi connectivity index (χ1n) is 5.83. The second-order valence-corrected chi connectivity index (χ2v) is 4.95. The van der Waals surface area contributed by atoms with Crippen molar-refractivity contribution in [1.82, 2.24) is 0 Å². The molecule has 0 bridgehead atoms. The van der Waals surface area contributed by atoms with Crippen LogP contribution in [0.5, 0.6) is 5.75 Å². The summed E-state index contributed by atoms with van der Waals surface area (Å²) < 4.78 is 5.81. The number of rotatable bonds is 3. The Morgan fingerprint density at radius 1 is 1.31 bits per heavy atom. The number of hydrogen-bond acceptors (Lipinski definition) is 2. The molecule has 1 saturated carbocycles. The molecule has 2 heteroatoms. The second kappa shape index (κ2) is 3.93. The van der Waals surface area contributed by atoms with E-state index in [0.29, 0.717) is 12.2 Å². The molecule has 86 valence electrons. The number of carbonyl (C=O) groups is 1. The Bertz CT molecular complexity index is 390. The van der Waals surface area contributed by atoms with Crippen molar-refractivity contribution >= 4 is 5.78 Å². The van der Waals surface area contributed by atoms with Crippen LogP contribution in [0.2, 0.25) is 0 Å². The first-order chi connectivity index (χ1) is 7.54. The minimum absolute atomic E-state index is 0.0347. The summed E-state index contributed by atoms with van der Waals surface area (Å²) in [6.07, 6.45) is 1.61. The van der Waals surface area contributed by atoms with Crippen LogP contribution < -0.4 is 4.74 Å². The van der Waals surface area contributed by atoms with Gasteiger partial charge in [-0.2, -0.15) is 0 Å². The van der Waals surface area contributed by atoms with Crippen molar-refractivity contribution in [1.29, 1.82) is 0 Å². The fourth-order valence-electron chi connectivity index (χ4n) is 1.89. The zero-order valence-corrected chi connectivity index (χ0v) is 10.1. The SMILES string of the molecule is CCc1ccc(OC2CC(=O)C2(C)C)cc1. The van der Waals surface area contributed by atoms with Crippen LogP contribution in [-0.4, -0.2) is 11.9 Å². The highest BCUT2D eigenvalue weighted by atomic mass is 16.5. The summed E-state index contributed by atoms with van der Waals surface area (Å²) >= 11 is 0. The number of hydrogen-bond donors (Lipinski definition) is 0. The van der Waals surface area contributed by atoms with E-state index >= 15 is 0 Å². The van der Waals surface area contributed by atoms with Gasteiger partial charge in [-0.25, -0.2) is 0 Å². The zero-order valence-electron chi connectivity index (χ0n) is 10.1. The highest BCUT2D eigenvalue weighted by molar-refractivity contribution is 5.91. The Hall–Kier alpha value is -1.31. The molecule has 0 spiro atoms. The van der Waals surface area contributed by atoms with Crippen LogP contribution in [0.3, 0.4) is 0 Å². The van der Waals surface area contributed by atoms with E-state index in [4.69, 9.17) is 4.74 Å². The number of aryl methyl sites for hydroxylation is 1. The summed E-state index contributed by atoms with van der Waals surface area (Å²) in [7, 11) is 0. The van der Waals surface area contributed by atoms with Gasteiger partial charge >= 0.3 is 0 Å². The quantitative estimate of drug-likeness (QED) is 0.779. The van der Waals surface area contributed by atoms with E-state index in [9.17, 15) is 4.79 Å². The van der Waals surface area contributed by atoms with Gasteiger partial charge in [-0.1, -0.05) is 19.1 Å². The highest BCUT2D eigenvalue weighted by Crippen LogP contribution is 2.39. The van der Waals surface area contributed by atoms with Crippen molar-refractivity contribution in [3.63, 3.8) is 0 Å². The highest BCUT2D eigenvalue weighted by Gasteiger charge is 2.49. The standard InChI is InChI=1S/C14H18O2/c1-4-10-5-7-11(8-6-10)16-13-9-12(15)14(13,2)3/h5-8,13H,4,9H2,1-3H3. The molecule has 1 unspecified atom stereocenters. The fourth-order valence-corrected chi connectivity index (χ4v) is 1.89. The molecule has 1 aliphatic carbocycles. The van der Waals surface area contributed by atoms with E-state index < -0.39 is 0 Å². The van der Waals surface area contributed by atoms with Gasteiger partial charge in [0.05, 0.1) is 5.41 Å². The lowest BCUT2D eigenvalue weighted by Crippen LogP contribution is -2.52. The Balaban J connectivity index is 2.02. The smallest absolute Gasteiger partial charge is 0.145 e. The molecule has 1 atom stereocenters. The number of benzene rings is 1. The Morgan fingerprint density at radius 3 is 2.38 bits per heavy atom. The molecule has 0 aliphatic heterocycles. The number of ether oxygens (including phenoxy) is 1. The van der Waals surface area contributed by atoms with Gasteiger partial charge in [0.2, 0.25) is 0 Å². The molecule has 1 aromatic rings. The van der Waals surface area contributed by atoms with Gasteiger partial charge < -0.3 is 4.74 Å². The summed E-state index contributed by atoms with van der Waals surface area (Å²) in [4.78, 5) is 11.4. The van der Waals surface area contributed by atoms with E-state index in [0.717, 1.165) is 12.2 Å². The third-order valence-corrected chi connectivity index (χ3v) is 3.50. The van der Waals surface area contributed by atoms with Gasteiger partial charge in [-0.3, -0.25) is 4.79 Å². The van der Waals surface area contributed by atoms with Crippen LogP contribution in [0, 0.1) is 5.41 Å². The first kappa shape index (κ1) is 11.2. The predicted octanol–water partition coefficient (Wildman–Crippen LogP) is 3.00. The van der Waals surface area contributed by atoms with E-state index in [1.54, 1.807) is 0 Å². The monoisotopic (exact) mass is 218 g/mol. The summed E-state index contributed by atoms with van der Waals surface area (Å²) in [5, 5.41) is 0. The summed E-state index contributed by atoms with van der Waals surface area (Å²) in [6, 6.07) is 8.11. The van der Waals surface area contributed by atoms with Gasteiger partial charge in [0.15, 0.2) is 0 Å². The van der Waals surface area contributed by atoms with Crippen molar-refractivity contribution in [2.24, 2.45) is 5.41 Å². The lowest BCUT2D eigenvalue weighted by molar-refractivity contribution is -0.148. The Kier molecular flexibility index (Phi) is 2.75. The molecule has 0 radical (unpaired) electrons. The van der Waals surface area contributed by atoms with Gasteiger partial charge in [0.25, 0.3) is 0 Å². The van der Waals surface area contributed by atoms with Crippen molar-refractivity contribution in [2.75, 3.05) is 0 Å². The van der Waals surface area contributed by atoms with Gasteiger partial charge in [0.1, 0.15) is 17.6 Å². The maximum atomic E-state index is 11.4. The number of Topliss-reactive ketones (excluding diaryl/α,β-unsaturated/α-hetero) is 1. The van der Waals surface area contributed by atoms with Crippen molar-refractivity contribution in [3.05, 3.63) is 29.8 Å². The largest absolute Gasteiger partial charge is 0.489 e. The van der Waals surface area contributed by atoms with Crippen molar-refractivity contribution < 1.29 is 9.53 Å². The van der Waals surface area contributed by atoms with E-state index in [-0.39, 0.29) is 11.5 Å². The zero-order chi connectivity index (χ0) is 11.8. The lowest BCUT2D eigenvalue weighted by atomic mass is 9.68. The molecular weight excluding hydrogens is 200 g/mol. The van der Waals surface area contributed by atoms with Gasteiger partial charge in [0, 0.05) is 6.42 Å². The Morgan fingerprint density at radius 2 is 1.94 bits per heavy atom. The molecule has 1 aliphatic rings. The van der Waals surface area contributed by atoms with Crippen LogP contribution in [0.1, 0.15) is 32.8 Å². The van der Waals surface area contributed by atoms with Gasteiger partial charge in [-0.15, -0.1) is 0 Å². The molecule has 0 N–H and O–H groups in total. The Labute approximate surface area is 96.6 Å². The van der Waals surface area contributed by atoms with Gasteiger partial charge in [-0.05, 0) is 38.0 Å². The maximum absolute atomic E-state index is 11.4. The van der Waals surface area contributed by atoms with Crippen molar-refractivity contribution in [2.45, 2.75) is 39.7 Å². The molecule has 0 amide bonds. The molecule has 1 fully saturated rings. The van der Waals surface area contributed by atoms with Crippen LogP contribution in [-0.2, 0) is 11.2 Å². The van der Waals surface area contributed by atoms with E-state index in [2.05, 4.69) is 19.1 Å². The van der Waals surface area contributed by atoms with Crippen LogP contribution in [0.4, 0.5) is 0 Å². The maximum Gasteiger partial charge on any atom is 0.145 e. The third kappa shape index (κ3) is 1.84. The molecule has 1 aromatic carbocycles. The van der Waals surface area contributed by atoms with Crippen LogP contribution >= 0.6 is 0 Å². The number of ketones is 1. The second-order valence-electron chi connectivity index (χ2n) is 4.95. The van der Waals surface area contributed by atoms with Crippen LogP contribution in [0.15, 0.2) is 24.3 Å². The normalized spacial score (nSPS) is 22.7. The molecule has 0 saturated heterocycles. The molecular formula is C14H18O2. The molecule has 0 heterocycles. The lowest BCUT2D eigenvalue weighted by Gasteiger charge is -2.41. The van der Waals surface area contributed by atoms with E-state index in [1.807, 2.05) is 26.0 Å². The molecule has 0 aromatic heterocycles. The fraction of sp³-hybridized carbons (Fsp3) is 0.500. The summed E-state index contributed by atoms with van der Waals surface area (Å²) in [6.45, 7) is 6.03. The minimum atomic E-state index is -0.316. The average Bonchev–Trinajstić information content (AvgIpc) is 2.29. The summed E-state index contributed by atoms with van der Waals surface area (Å²) in [5.41, 5.74) is 0.986. The minimum Gasteiger partial charge on any atom is -0.489 e. The third-order valence-electron chi connectivity index (χ3n) is 3.50. The van der Waals surface area contributed by atoms with Crippen LogP contribution in [0.25, 0.3) is 0 Å². The molecule has 2 nitrogen and oxygen atoms in total. The molecule has 16 heavy (non-hydrogen) atoms. The van der Waals surface area contributed by atoms with Crippen molar-refractivity contribution in [3.8, 4) is 5.75 Å². The average molecular weight is 218 g/mol. The van der Waals surface area contributed by atoms with E-state index in [1.165, 1.54) is 5.56 Å². The topological polar surface area (TPSA) is 26.3 Å². The predicted molar refractivity (Wildman–Crippen MR) is 63.6 cm³/mol.